The molecular formula is C19H14N4OS2. The van der Waals surface area contributed by atoms with E-state index in [4.69, 9.17) is 0 Å². The number of anilines is 1. The van der Waals surface area contributed by atoms with E-state index in [2.05, 4.69) is 15.2 Å². The summed E-state index contributed by atoms with van der Waals surface area (Å²) in [6.07, 6.45) is 1.89. The second kappa shape index (κ2) is 7.23. The lowest BCUT2D eigenvalue weighted by Crippen LogP contribution is -2.28. The van der Waals surface area contributed by atoms with Crippen LogP contribution >= 0.6 is 23.1 Å². The van der Waals surface area contributed by atoms with Crippen LogP contribution in [0, 0.1) is 6.92 Å². The zero-order valence-electron chi connectivity index (χ0n) is 13.9. The standard InChI is InChI=1S/C19H14N4OS2/c1-13-21-22-18(25-13)20-19-23(15-10-6-3-7-11-15)17(24)16(26-19)12-14-8-4-2-5-9-14/h2-12H,1H3/b16-12-,20-19+. The Balaban J connectivity index is 1.77. The van der Waals surface area contributed by atoms with Gasteiger partial charge in [-0.15, -0.1) is 10.2 Å². The van der Waals surface area contributed by atoms with Crippen LogP contribution < -0.4 is 4.90 Å². The van der Waals surface area contributed by atoms with E-state index in [0.29, 0.717) is 15.2 Å². The van der Waals surface area contributed by atoms with Gasteiger partial charge < -0.3 is 0 Å². The number of para-hydroxylation sites is 1. The third-order valence-corrected chi connectivity index (χ3v) is 5.33. The van der Waals surface area contributed by atoms with E-state index in [1.807, 2.05) is 73.7 Å². The first-order valence-corrected chi connectivity index (χ1v) is 9.57. The number of hydrogen-bond acceptors (Lipinski definition) is 6. The molecule has 1 fully saturated rings. The monoisotopic (exact) mass is 378 g/mol. The molecule has 0 atom stereocenters. The minimum absolute atomic E-state index is 0.0926. The number of thioether (sulfide) groups is 1. The second-order valence-electron chi connectivity index (χ2n) is 5.50. The Morgan fingerprint density at radius 1 is 1.00 bits per heavy atom. The predicted octanol–water partition coefficient (Wildman–Crippen LogP) is 4.66. The molecule has 0 radical (unpaired) electrons. The molecule has 0 bridgehead atoms. The number of carbonyl (C=O) groups is 1. The van der Waals surface area contributed by atoms with Crippen LogP contribution in [-0.2, 0) is 4.79 Å². The number of aliphatic imine (C=N–C) groups is 1. The van der Waals surface area contributed by atoms with E-state index in [9.17, 15) is 4.79 Å². The zero-order chi connectivity index (χ0) is 17.9. The van der Waals surface area contributed by atoms with Crippen LogP contribution in [0.25, 0.3) is 6.08 Å². The summed E-state index contributed by atoms with van der Waals surface area (Å²) in [7, 11) is 0. The van der Waals surface area contributed by atoms with Crippen molar-refractivity contribution >= 4 is 51.1 Å². The Labute approximate surface area is 159 Å². The summed E-state index contributed by atoms with van der Waals surface area (Å²) in [6.45, 7) is 1.88. The summed E-state index contributed by atoms with van der Waals surface area (Å²) in [5.41, 5.74) is 1.76. The lowest BCUT2D eigenvalue weighted by molar-refractivity contribution is -0.113. The van der Waals surface area contributed by atoms with Gasteiger partial charge in [0.25, 0.3) is 5.91 Å². The Hall–Kier alpha value is -2.77. The molecule has 26 heavy (non-hydrogen) atoms. The molecule has 1 saturated heterocycles. The highest BCUT2D eigenvalue weighted by Crippen LogP contribution is 2.37. The molecule has 1 amide bonds. The third kappa shape index (κ3) is 3.44. The molecule has 128 valence electrons. The van der Waals surface area contributed by atoms with Crippen molar-refractivity contribution < 1.29 is 4.79 Å². The average molecular weight is 378 g/mol. The van der Waals surface area contributed by atoms with Crippen LogP contribution in [0.2, 0.25) is 0 Å². The number of hydrogen-bond donors (Lipinski definition) is 0. The van der Waals surface area contributed by atoms with E-state index in [1.54, 1.807) is 4.90 Å². The Morgan fingerprint density at radius 3 is 2.35 bits per heavy atom. The first kappa shape index (κ1) is 16.7. The van der Waals surface area contributed by atoms with Crippen LogP contribution in [0.3, 0.4) is 0 Å². The van der Waals surface area contributed by atoms with Crippen molar-refractivity contribution in [3.8, 4) is 0 Å². The molecule has 2 aromatic carbocycles. The molecule has 0 saturated carbocycles. The molecule has 0 N–H and O–H groups in total. The number of nitrogens with zero attached hydrogens (tertiary/aromatic N) is 4. The fourth-order valence-corrected chi connectivity index (χ4v) is 4.07. The number of benzene rings is 2. The highest BCUT2D eigenvalue weighted by atomic mass is 32.2. The van der Waals surface area contributed by atoms with Gasteiger partial charge in [0.15, 0.2) is 5.17 Å². The van der Waals surface area contributed by atoms with E-state index in [-0.39, 0.29) is 5.91 Å². The van der Waals surface area contributed by atoms with Gasteiger partial charge in [-0.05, 0) is 42.5 Å². The molecule has 0 aliphatic carbocycles. The van der Waals surface area contributed by atoms with Crippen molar-refractivity contribution in [2.75, 3.05) is 4.90 Å². The molecule has 1 aromatic heterocycles. The zero-order valence-corrected chi connectivity index (χ0v) is 15.5. The van der Waals surface area contributed by atoms with Gasteiger partial charge in [-0.1, -0.05) is 59.9 Å². The molecule has 0 unspecified atom stereocenters. The van der Waals surface area contributed by atoms with E-state index in [1.165, 1.54) is 23.1 Å². The highest BCUT2D eigenvalue weighted by Gasteiger charge is 2.34. The minimum atomic E-state index is -0.0926. The molecular weight excluding hydrogens is 364 g/mol. The summed E-state index contributed by atoms with van der Waals surface area (Å²) < 4.78 is 0. The van der Waals surface area contributed by atoms with Crippen molar-refractivity contribution in [1.82, 2.24) is 10.2 Å². The molecule has 1 aliphatic heterocycles. The first-order chi connectivity index (χ1) is 12.7. The number of amides is 1. The van der Waals surface area contributed by atoms with E-state index in [0.717, 1.165) is 16.3 Å². The Kier molecular flexibility index (Phi) is 4.64. The minimum Gasteiger partial charge on any atom is -0.268 e. The Morgan fingerprint density at radius 2 is 1.69 bits per heavy atom. The summed E-state index contributed by atoms with van der Waals surface area (Å²) >= 11 is 2.74. The maximum atomic E-state index is 13.0. The number of carbonyl (C=O) groups excluding carboxylic acids is 1. The third-order valence-electron chi connectivity index (χ3n) is 3.62. The maximum Gasteiger partial charge on any atom is 0.271 e. The topological polar surface area (TPSA) is 58.5 Å². The summed E-state index contributed by atoms with van der Waals surface area (Å²) in [6, 6.07) is 19.3. The van der Waals surface area contributed by atoms with Crippen molar-refractivity contribution in [3.05, 3.63) is 76.1 Å². The lowest BCUT2D eigenvalue weighted by atomic mass is 10.2. The van der Waals surface area contributed by atoms with Crippen molar-refractivity contribution in [2.45, 2.75) is 6.92 Å². The fraction of sp³-hybridized carbons (Fsp3) is 0.0526. The van der Waals surface area contributed by atoms with Crippen LogP contribution in [0.5, 0.6) is 0 Å². The second-order valence-corrected chi connectivity index (χ2v) is 7.66. The van der Waals surface area contributed by atoms with Crippen LogP contribution in [0.4, 0.5) is 10.8 Å². The van der Waals surface area contributed by atoms with Crippen LogP contribution in [-0.4, -0.2) is 21.3 Å². The van der Waals surface area contributed by atoms with Gasteiger partial charge in [0, 0.05) is 0 Å². The van der Waals surface area contributed by atoms with Gasteiger partial charge in [0.1, 0.15) is 5.01 Å². The number of aryl methyl sites for hydroxylation is 1. The molecule has 4 rings (SSSR count). The molecule has 0 spiro atoms. The summed E-state index contributed by atoms with van der Waals surface area (Å²) in [5.74, 6) is -0.0926. The number of amidine groups is 1. The summed E-state index contributed by atoms with van der Waals surface area (Å²) in [4.78, 5) is 19.9. The average Bonchev–Trinajstić information content (AvgIpc) is 3.20. The SMILES string of the molecule is Cc1nnc(/N=C2/S/C(=C\c3ccccc3)C(=O)N2c2ccccc2)s1. The number of aromatic nitrogens is 2. The van der Waals surface area contributed by atoms with Crippen LogP contribution in [0.1, 0.15) is 10.6 Å². The van der Waals surface area contributed by atoms with Crippen molar-refractivity contribution in [1.29, 1.82) is 0 Å². The van der Waals surface area contributed by atoms with Gasteiger partial charge in [0.2, 0.25) is 5.13 Å². The predicted molar refractivity (Wildman–Crippen MR) is 108 cm³/mol. The Bertz CT molecular complexity index is 997. The van der Waals surface area contributed by atoms with Gasteiger partial charge in [-0.3, -0.25) is 9.69 Å². The largest absolute Gasteiger partial charge is 0.271 e. The quantitative estimate of drug-likeness (QED) is 0.622. The van der Waals surface area contributed by atoms with Crippen molar-refractivity contribution in [2.24, 2.45) is 4.99 Å². The molecule has 5 nitrogen and oxygen atoms in total. The van der Waals surface area contributed by atoms with Gasteiger partial charge >= 0.3 is 0 Å². The van der Waals surface area contributed by atoms with Gasteiger partial charge in [-0.2, -0.15) is 4.99 Å². The summed E-state index contributed by atoms with van der Waals surface area (Å²) in [5, 5.41) is 10.0. The molecule has 3 aromatic rings. The van der Waals surface area contributed by atoms with Crippen molar-refractivity contribution in [3.63, 3.8) is 0 Å². The fourth-order valence-electron chi connectivity index (χ4n) is 2.47. The van der Waals surface area contributed by atoms with E-state index < -0.39 is 0 Å². The first-order valence-electron chi connectivity index (χ1n) is 7.93. The van der Waals surface area contributed by atoms with E-state index >= 15 is 0 Å². The maximum absolute atomic E-state index is 13.0. The van der Waals surface area contributed by atoms with Gasteiger partial charge in [0.05, 0.1) is 10.6 Å². The molecule has 7 heteroatoms. The molecule has 1 aliphatic rings. The molecule has 2 heterocycles. The smallest absolute Gasteiger partial charge is 0.268 e. The van der Waals surface area contributed by atoms with Crippen LogP contribution in [0.15, 0.2) is 70.6 Å². The van der Waals surface area contributed by atoms with Gasteiger partial charge in [-0.25, -0.2) is 0 Å². The normalized spacial score (nSPS) is 17.4. The number of rotatable bonds is 3. The highest BCUT2D eigenvalue weighted by molar-refractivity contribution is 8.19. The lowest BCUT2D eigenvalue weighted by Gasteiger charge is -2.14.